The monoisotopic (exact) mass is 755 g/mol. The van der Waals surface area contributed by atoms with Crippen LogP contribution in [0.25, 0.3) is 83.6 Å². The molecule has 0 amide bonds. The van der Waals surface area contributed by atoms with Gasteiger partial charge >= 0.3 is 0 Å². The van der Waals surface area contributed by atoms with Gasteiger partial charge in [0, 0.05) is 39.1 Å². The first-order valence-electron chi connectivity index (χ1n) is 20.5. The zero-order valence-electron chi connectivity index (χ0n) is 33.1. The van der Waals surface area contributed by atoms with E-state index in [1.165, 1.54) is 71.9 Å². The SMILES string of the molecule is Cc1ccccc1-c1cc2c(cc1C)CC(c1cccc(-c3nc(-c4ccccc4)cc(-c4ccccc4)n3)c1)c1cc3c(cc1-2)c1ccccc1n3-c1ccccc1. The summed E-state index contributed by atoms with van der Waals surface area (Å²) in [4.78, 5) is 10.4. The summed E-state index contributed by atoms with van der Waals surface area (Å²) in [5.41, 5.74) is 20.3. The van der Waals surface area contributed by atoms with Crippen molar-refractivity contribution in [2.24, 2.45) is 0 Å². The van der Waals surface area contributed by atoms with Gasteiger partial charge in [0.05, 0.1) is 22.4 Å². The minimum atomic E-state index is 0.110. The summed E-state index contributed by atoms with van der Waals surface area (Å²) in [6.45, 7) is 4.49. The third-order valence-corrected chi connectivity index (χ3v) is 12.2. The van der Waals surface area contributed by atoms with Crippen LogP contribution in [0.5, 0.6) is 0 Å². The van der Waals surface area contributed by atoms with Crippen molar-refractivity contribution in [3.05, 3.63) is 222 Å². The molecule has 1 atom stereocenters. The molecule has 11 rings (SSSR count). The number of aryl methyl sites for hydroxylation is 2. The van der Waals surface area contributed by atoms with E-state index in [9.17, 15) is 0 Å². The fourth-order valence-corrected chi connectivity index (χ4v) is 9.37. The molecule has 0 saturated heterocycles. The maximum absolute atomic E-state index is 5.22. The molecule has 3 nitrogen and oxygen atoms in total. The number of hydrogen-bond acceptors (Lipinski definition) is 2. The average molecular weight is 756 g/mol. The summed E-state index contributed by atoms with van der Waals surface area (Å²) in [5.74, 6) is 0.834. The van der Waals surface area contributed by atoms with Crippen molar-refractivity contribution in [2.45, 2.75) is 26.2 Å². The Kier molecular flexibility index (Phi) is 8.41. The largest absolute Gasteiger partial charge is 0.309 e. The lowest BCUT2D eigenvalue weighted by atomic mass is 9.73. The van der Waals surface area contributed by atoms with E-state index in [2.05, 4.69) is 200 Å². The quantitative estimate of drug-likeness (QED) is 0.169. The van der Waals surface area contributed by atoms with Crippen LogP contribution in [0.3, 0.4) is 0 Å². The first-order chi connectivity index (χ1) is 29.1. The molecule has 0 N–H and O–H groups in total. The zero-order chi connectivity index (χ0) is 39.5. The normalized spacial score (nSPS) is 13.4. The van der Waals surface area contributed by atoms with E-state index in [0.29, 0.717) is 0 Å². The molecule has 0 fully saturated rings. The third kappa shape index (κ3) is 6.06. The van der Waals surface area contributed by atoms with E-state index in [0.717, 1.165) is 46.0 Å². The van der Waals surface area contributed by atoms with Gasteiger partial charge in [-0.1, -0.05) is 146 Å². The maximum Gasteiger partial charge on any atom is 0.160 e. The minimum absolute atomic E-state index is 0.110. The van der Waals surface area contributed by atoms with Crippen molar-refractivity contribution in [3.8, 4) is 61.8 Å². The Morgan fingerprint density at radius 3 is 1.81 bits per heavy atom. The van der Waals surface area contributed by atoms with Crippen LogP contribution in [0.2, 0.25) is 0 Å². The molecule has 8 aromatic carbocycles. The number of para-hydroxylation sites is 2. The maximum atomic E-state index is 5.22. The van der Waals surface area contributed by atoms with Crippen LogP contribution in [0.15, 0.2) is 194 Å². The summed E-state index contributed by atoms with van der Waals surface area (Å²) in [6, 6.07) is 70.2. The number of benzene rings is 8. The third-order valence-electron chi connectivity index (χ3n) is 12.2. The van der Waals surface area contributed by atoms with E-state index in [-0.39, 0.29) is 5.92 Å². The highest BCUT2D eigenvalue weighted by Crippen LogP contribution is 2.48. The minimum Gasteiger partial charge on any atom is -0.309 e. The molecule has 1 aliphatic carbocycles. The van der Waals surface area contributed by atoms with E-state index >= 15 is 0 Å². The van der Waals surface area contributed by atoms with E-state index < -0.39 is 0 Å². The number of aromatic nitrogens is 3. The van der Waals surface area contributed by atoms with Gasteiger partial charge in [0.1, 0.15) is 0 Å². The molecular weight excluding hydrogens is 715 g/mol. The summed E-state index contributed by atoms with van der Waals surface area (Å²) in [7, 11) is 0. The lowest BCUT2D eigenvalue weighted by Crippen LogP contribution is -2.14. The van der Waals surface area contributed by atoms with Crippen LogP contribution < -0.4 is 0 Å². The number of fused-ring (bicyclic) bond motifs is 6. The van der Waals surface area contributed by atoms with Crippen molar-refractivity contribution < 1.29 is 0 Å². The molecule has 2 aromatic heterocycles. The predicted molar refractivity (Wildman–Crippen MR) is 245 cm³/mol. The average Bonchev–Trinajstić information content (AvgIpc) is 3.62. The summed E-state index contributed by atoms with van der Waals surface area (Å²) in [6.07, 6.45) is 0.887. The Balaban J connectivity index is 1.13. The van der Waals surface area contributed by atoms with Crippen molar-refractivity contribution in [2.75, 3.05) is 0 Å². The summed E-state index contributed by atoms with van der Waals surface area (Å²) in [5, 5.41) is 2.52. The lowest BCUT2D eigenvalue weighted by molar-refractivity contribution is 0.794. The molecule has 10 aromatic rings. The van der Waals surface area contributed by atoms with Crippen LogP contribution in [0.1, 0.15) is 33.7 Å². The van der Waals surface area contributed by atoms with Gasteiger partial charge in [0.2, 0.25) is 0 Å². The topological polar surface area (TPSA) is 30.7 Å². The Hall–Kier alpha value is -7.36. The molecule has 0 saturated carbocycles. The number of rotatable bonds is 6. The highest BCUT2D eigenvalue weighted by molar-refractivity contribution is 6.11. The second-order valence-corrected chi connectivity index (χ2v) is 15.9. The summed E-state index contributed by atoms with van der Waals surface area (Å²) >= 11 is 0. The smallest absolute Gasteiger partial charge is 0.160 e. The van der Waals surface area contributed by atoms with Gasteiger partial charge in [-0.2, -0.15) is 0 Å². The fourth-order valence-electron chi connectivity index (χ4n) is 9.37. The molecule has 1 aliphatic rings. The van der Waals surface area contributed by atoms with Gasteiger partial charge in [0.15, 0.2) is 5.82 Å². The first-order valence-corrected chi connectivity index (χ1v) is 20.5. The molecular formula is C56H41N3. The second kappa shape index (κ2) is 14.2. The van der Waals surface area contributed by atoms with Crippen LogP contribution in [0.4, 0.5) is 0 Å². The van der Waals surface area contributed by atoms with Crippen molar-refractivity contribution in [3.63, 3.8) is 0 Å². The molecule has 2 heterocycles. The van der Waals surface area contributed by atoms with Crippen molar-refractivity contribution >= 4 is 21.8 Å². The lowest BCUT2D eigenvalue weighted by Gasteiger charge is -2.30. The van der Waals surface area contributed by atoms with Crippen LogP contribution in [0, 0.1) is 13.8 Å². The molecule has 3 heteroatoms. The Labute approximate surface area is 345 Å². The van der Waals surface area contributed by atoms with Crippen molar-refractivity contribution in [1.29, 1.82) is 0 Å². The van der Waals surface area contributed by atoms with Gasteiger partial charge in [0.25, 0.3) is 0 Å². The molecule has 0 bridgehead atoms. The molecule has 0 aliphatic heterocycles. The molecule has 59 heavy (non-hydrogen) atoms. The Morgan fingerprint density at radius 2 is 1.08 bits per heavy atom. The number of hydrogen-bond donors (Lipinski definition) is 0. The van der Waals surface area contributed by atoms with Crippen molar-refractivity contribution in [1.82, 2.24) is 14.5 Å². The van der Waals surface area contributed by atoms with Gasteiger partial charge in [-0.05, 0) is 119 Å². The standard InChI is InChI=1S/C56H41N3/c1-36-17-12-13-26-44(36)46-32-48-42(29-37(46)2)31-47(50-34-55-51(33-49(48)50)45-27-14-15-28-54(45)59(55)43-24-10-5-11-25-43)40-22-16-23-41(30-40)56-57-52(38-18-6-3-7-19-38)35-53(58-56)39-20-8-4-9-21-39/h3-30,32-35,47H,31H2,1-2H3. The number of nitrogens with zero attached hydrogens (tertiary/aromatic N) is 3. The Bertz CT molecular complexity index is 3140. The fraction of sp³-hybridized carbons (Fsp3) is 0.0714. The molecule has 0 spiro atoms. The van der Waals surface area contributed by atoms with Crippen LogP contribution in [-0.2, 0) is 6.42 Å². The summed E-state index contributed by atoms with van der Waals surface area (Å²) < 4.78 is 2.44. The van der Waals surface area contributed by atoms with Gasteiger partial charge in [-0.15, -0.1) is 0 Å². The van der Waals surface area contributed by atoms with E-state index in [1.54, 1.807) is 0 Å². The van der Waals surface area contributed by atoms with Crippen LogP contribution >= 0.6 is 0 Å². The molecule has 280 valence electrons. The van der Waals surface area contributed by atoms with E-state index in [4.69, 9.17) is 9.97 Å². The predicted octanol–water partition coefficient (Wildman–Crippen LogP) is 14.2. The highest BCUT2D eigenvalue weighted by Gasteiger charge is 2.30. The molecule has 1 unspecified atom stereocenters. The van der Waals surface area contributed by atoms with Gasteiger partial charge < -0.3 is 4.57 Å². The van der Waals surface area contributed by atoms with Crippen LogP contribution in [-0.4, -0.2) is 14.5 Å². The Morgan fingerprint density at radius 1 is 0.441 bits per heavy atom. The first kappa shape index (κ1) is 34.9. The van der Waals surface area contributed by atoms with E-state index in [1.807, 2.05) is 12.1 Å². The van der Waals surface area contributed by atoms with Gasteiger partial charge in [-0.25, -0.2) is 9.97 Å². The molecule has 0 radical (unpaired) electrons. The van der Waals surface area contributed by atoms with Gasteiger partial charge in [-0.3, -0.25) is 0 Å². The zero-order valence-corrected chi connectivity index (χ0v) is 33.1. The highest BCUT2D eigenvalue weighted by atomic mass is 15.0. The second-order valence-electron chi connectivity index (χ2n) is 15.9.